The molecule has 9 heteroatoms. The molecule has 2 amide bonds. The number of hydrogen-bond donors (Lipinski definition) is 4. The fourth-order valence-electron chi connectivity index (χ4n) is 5.00. The summed E-state index contributed by atoms with van der Waals surface area (Å²) < 4.78 is 11.2. The molecule has 0 spiro atoms. The fourth-order valence-corrected chi connectivity index (χ4v) is 5.47. The summed E-state index contributed by atoms with van der Waals surface area (Å²) in [5.41, 5.74) is 2.89. The van der Waals surface area contributed by atoms with E-state index >= 15 is 0 Å². The highest BCUT2D eigenvalue weighted by Gasteiger charge is 2.33. The molecule has 0 radical (unpaired) electrons. The van der Waals surface area contributed by atoms with Crippen molar-refractivity contribution in [3.05, 3.63) is 107 Å². The molecule has 3 aromatic rings. The number of carbonyl (C=O) groups is 2. The van der Waals surface area contributed by atoms with E-state index in [1.54, 1.807) is 0 Å². The number of hydrogen-bond acceptors (Lipinski definition) is 6. The minimum Gasteiger partial charge on any atom is -0.453 e. The van der Waals surface area contributed by atoms with Crippen molar-refractivity contribution in [1.82, 2.24) is 16.0 Å². The number of ether oxygens (including phenoxy) is 2. The van der Waals surface area contributed by atoms with Crippen molar-refractivity contribution in [2.45, 2.75) is 42.3 Å². The van der Waals surface area contributed by atoms with Crippen LogP contribution in [0.5, 0.6) is 0 Å². The van der Waals surface area contributed by atoms with Gasteiger partial charge in [-0.25, -0.2) is 4.79 Å². The van der Waals surface area contributed by atoms with Crippen molar-refractivity contribution in [3.8, 4) is 0 Å². The summed E-state index contributed by atoms with van der Waals surface area (Å²) in [6.07, 6.45) is 0.745. The van der Waals surface area contributed by atoms with Crippen LogP contribution in [0.1, 0.15) is 40.7 Å². The predicted octanol–water partition coefficient (Wildman–Crippen LogP) is 5.12. The fraction of sp³-hybridized carbons (Fsp3) is 0.355. The highest BCUT2D eigenvalue weighted by molar-refractivity contribution is 7.80. The average Bonchev–Trinajstić information content (AvgIpc) is 3.00. The minimum atomic E-state index is -0.862. The minimum absolute atomic E-state index is 0.00276. The lowest BCUT2D eigenvalue weighted by atomic mass is 9.84. The molecule has 40 heavy (non-hydrogen) atoms. The number of rotatable bonds is 11. The van der Waals surface area contributed by atoms with Gasteiger partial charge in [-0.1, -0.05) is 84.4 Å². The van der Waals surface area contributed by atoms with Crippen LogP contribution in [0.3, 0.4) is 0 Å². The van der Waals surface area contributed by atoms with Gasteiger partial charge in [-0.05, 0) is 41.7 Å². The molecule has 4 rings (SSSR count). The van der Waals surface area contributed by atoms with Crippen LogP contribution >= 0.6 is 24.2 Å². The van der Waals surface area contributed by atoms with Gasteiger partial charge < -0.3 is 25.4 Å². The van der Waals surface area contributed by atoms with E-state index in [2.05, 4.69) is 16.0 Å². The Hall–Kier alpha value is -3.04. The topological polar surface area (TPSA) is 88.7 Å². The summed E-state index contributed by atoms with van der Waals surface area (Å²) in [7, 11) is 1.29. The number of thiol groups is 1. The van der Waals surface area contributed by atoms with Crippen molar-refractivity contribution >= 4 is 36.2 Å². The molecule has 1 heterocycles. The van der Waals surface area contributed by atoms with E-state index in [9.17, 15) is 9.59 Å². The van der Waals surface area contributed by atoms with Crippen LogP contribution in [0.2, 0.25) is 5.02 Å². The van der Waals surface area contributed by atoms with Crippen molar-refractivity contribution < 1.29 is 19.1 Å². The Morgan fingerprint density at radius 1 is 0.975 bits per heavy atom. The zero-order valence-electron chi connectivity index (χ0n) is 22.5. The molecule has 1 saturated heterocycles. The largest absolute Gasteiger partial charge is 0.453 e. The van der Waals surface area contributed by atoms with Gasteiger partial charge in [-0.2, -0.15) is 12.6 Å². The summed E-state index contributed by atoms with van der Waals surface area (Å²) in [5.74, 6) is -0.671. The Morgan fingerprint density at radius 2 is 1.60 bits per heavy atom. The second-order valence-electron chi connectivity index (χ2n) is 9.80. The van der Waals surface area contributed by atoms with Gasteiger partial charge in [0.05, 0.1) is 24.6 Å². The molecule has 4 atom stereocenters. The number of halogens is 1. The molecule has 3 N–H and O–H groups in total. The lowest BCUT2D eigenvalue weighted by Crippen LogP contribution is -2.50. The van der Waals surface area contributed by atoms with Crippen LogP contribution in [-0.2, 0) is 14.3 Å². The zero-order valence-corrected chi connectivity index (χ0v) is 24.1. The van der Waals surface area contributed by atoms with E-state index in [-0.39, 0.29) is 23.4 Å². The molecule has 212 valence electrons. The molecule has 2 unspecified atom stereocenters. The van der Waals surface area contributed by atoms with E-state index in [1.165, 1.54) is 7.11 Å². The third-order valence-electron chi connectivity index (χ3n) is 7.04. The van der Waals surface area contributed by atoms with Crippen molar-refractivity contribution in [1.29, 1.82) is 0 Å². The lowest BCUT2D eigenvalue weighted by molar-refractivity contribution is -0.123. The van der Waals surface area contributed by atoms with E-state index in [0.29, 0.717) is 18.1 Å². The Balaban J connectivity index is 1.36. The maximum atomic E-state index is 13.5. The number of nitrogens with one attached hydrogen (secondary N) is 3. The Bertz CT molecular complexity index is 1180. The SMILES string of the molecule is COC(=O)N[C@H](C(=O)NCCCC1CNC[C@@H](C(S)c2ccc(Cl)cc2)O1)C(c1ccccc1)c1ccccc1. The molecule has 1 fully saturated rings. The van der Waals surface area contributed by atoms with Gasteiger partial charge in [0.15, 0.2) is 0 Å². The smallest absolute Gasteiger partial charge is 0.407 e. The van der Waals surface area contributed by atoms with Crippen molar-refractivity contribution in [2.24, 2.45) is 0 Å². The van der Waals surface area contributed by atoms with Gasteiger partial charge >= 0.3 is 6.09 Å². The van der Waals surface area contributed by atoms with Crippen LogP contribution in [-0.4, -0.2) is 57.0 Å². The maximum Gasteiger partial charge on any atom is 0.407 e. The number of carbonyl (C=O) groups excluding carboxylic acids is 2. The van der Waals surface area contributed by atoms with Crippen LogP contribution in [0.25, 0.3) is 0 Å². The second kappa shape index (κ2) is 15.1. The molecule has 0 aromatic heterocycles. The molecule has 7 nitrogen and oxygen atoms in total. The van der Waals surface area contributed by atoms with Gasteiger partial charge in [-0.3, -0.25) is 4.79 Å². The first-order valence-electron chi connectivity index (χ1n) is 13.5. The Kier molecular flexibility index (Phi) is 11.3. The highest BCUT2D eigenvalue weighted by Crippen LogP contribution is 2.30. The molecular weight excluding hydrogens is 546 g/mol. The first-order valence-corrected chi connectivity index (χ1v) is 14.4. The number of amides is 2. The zero-order chi connectivity index (χ0) is 28.3. The van der Waals surface area contributed by atoms with E-state index in [4.69, 9.17) is 33.7 Å². The molecule has 3 aromatic carbocycles. The highest BCUT2D eigenvalue weighted by atomic mass is 35.5. The summed E-state index contributed by atoms with van der Waals surface area (Å²) in [4.78, 5) is 25.8. The first-order chi connectivity index (χ1) is 19.5. The third-order valence-corrected chi connectivity index (χ3v) is 7.93. The third kappa shape index (κ3) is 8.24. The molecule has 1 aliphatic rings. The number of benzene rings is 3. The summed E-state index contributed by atoms with van der Waals surface area (Å²) in [6, 6.07) is 26.2. The number of morpholine rings is 1. The van der Waals surface area contributed by atoms with Gasteiger partial charge in [0.25, 0.3) is 0 Å². The van der Waals surface area contributed by atoms with Gasteiger partial charge in [0.2, 0.25) is 5.91 Å². The molecule has 1 aliphatic heterocycles. The number of alkyl carbamates (subject to hydrolysis) is 1. The summed E-state index contributed by atoms with van der Waals surface area (Å²) in [5, 5.41) is 9.85. The van der Waals surface area contributed by atoms with Gasteiger partial charge in [-0.15, -0.1) is 0 Å². The van der Waals surface area contributed by atoms with Gasteiger partial charge in [0, 0.05) is 30.6 Å². The summed E-state index contributed by atoms with van der Waals surface area (Å²) >= 11 is 10.8. The van der Waals surface area contributed by atoms with E-state index in [1.807, 2.05) is 84.9 Å². The Morgan fingerprint density at radius 3 is 2.20 bits per heavy atom. The Labute approximate surface area is 246 Å². The second-order valence-corrected chi connectivity index (χ2v) is 10.8. The first kappa shape index (κ1) is 29.9. The standard InChI is InChI=1S/C31H36ClN3O4S/c1-38-31(37)35-28(27(21-9-4-2-5-10-21)22-11-6-3-7-12-22)30(36)34-18-8-13-25-19-33-20-26(39-25)29(40)23-14-16-24(32)17-15-23/h2-7,9-12,14-17,25-29,33,40H,8,13,18-20H2,1H3,(H,34,36)(H,35,37)/t25?,26-,28-,29?/m0/s1. The van der Waals surface area contributed by atoms with E-state index < -0.39 is 18.1 Å². The van der Waals surface area contributed by atoms with Crippen molar-refractivity contribution in [2.75, 3.05) is 26.7 Å². The van der Waals surface area contributed by atoms with Crippen LogP contribution in [0, 0.1) is 0 Å². The lowest BCUT2D eigenvalue weighted by Gasteiger charge is -2.34. The van der Waals surface area contributed by atoms with Gasteiger partial charge in [0.1, 0.15) is 6.04 Å². The quantitative estimate of drug-likeness (QED) is 0.186. The molecular formula is C31H36ClN3O4S. The summed E-state index contributed by atoms with van der Waals surface area (Å²) in [6.45, 7) is 1.90. The van der Waals surface area contributed by atoms with E-state index in [0.717, 1.165) is 36.1 Å². The van der Waals surface area contributed by atoms with Crippen LogP contribution in [0.15, 0.2) is 84.9 Å². The van der Waals surface area contributed by atoms with Crippen molar-refractivity contribution in [3.63, 3.8) is 0 Å². The molecule has 0 aliphatic carbocycles. The number of methoxy groups -OCH3 is 1. The maximum absolute atomic E-state index is 13.5. The monoisotopic (exact) mass is 581 g/mol. The molecule has 0 saturated carbocycles. The molecule has 0 bridgehead atoms. The van der Waals surface area contributed by atoms with Crippen LogP contribution in [0.4, 0.5) is 4.79 Å². The average molecular weight is 582 g/mol. The predicted molar refractivity (Wildman–Crippen MR) is 161 cm³/mol. The van der Waals surface area contributed by atoms with Crippen LogP contribution < -0.4 is 16.0 Å². The normalized spacial score (nSPS) is 18.5.